The van der Waals surface area contributed by atoms with Crippen LogP contribution in [0.2, 0.25) is 0 Å². The zero-order valence-electron chi connectivity index (χ0n) is 32.7. The summed E-state index contributed by atoms with van der Waals surface area (Å²) in [6.45, 7) is 14.0. The molecular weight excluding hydrogens is 712 g/mol. The Labute approximate surface area is 313 Å². The normalized spacial score (nSPS) is 47.3. The smallest absolute Gasteiger partial charge is 0.341 e. The number of methoxy groups -OCH3 is 1. The number of epoxide rings is 1. The van der Waals surface area contributed by atoms with Gasteiger partial charge >= 0.3 is 41.8 Å². The van der Waals surface area contributed by atoms with Gasteiger partial charge in [-0.3, -0.25) is 28.8 Å². The Morgan fingerprint density at radius 1 is 0.833 bits per heavy atom. The molecule has 6 fully saturated rings. The van der Waals surface area contributed by atoms with Crippen LogP contribution < -0.4 is 0 Å². The fraction of sp³-hybridized carbons (Fsp3) is 0.816. The fourth-order valence-electron chi connectivity index (χ4n) is 12.9. The van der Waals surface area contributed by atoms with Crippen LogP contribution in [0.4, 0.5) is 0 Å². The van der Waals surface area contributed by atoms with E-state index in [1.807, 2.05) is 6.92 Å². The molecule has 2 heterocycles. The molecule has 6 rings (SSSR count). The van der Waals surface area contributed by atoms with E-state index in [0.717, 1.165) is 20.8 Å². The Morgan fingerprint density at radius 3 is 1.93 bits per heavy atom. The molecule has 16 heteroatoms. The van der Waals surface area contributed by atoms with Gasteiger partial charge in [-0.2, -0.15) is 0 Å². The van der Waals surface area contributed by atoms with Crippen molar-refractivity contribution >= 4 is 41.8 Å². The maximum atomic E-state index is 14.3. The molecule has 1 N–H and O–H groups in total. The van der Waals surface area contributed by atoms with Crippen LogP contribution in [-0.4, -0.2) is 108 Å². The molecule has 4 aliphatic carbocycles. The lowest BCUT2D eigenvalue weighted by atomic mass is 9.31. The maximum absolute atomic E-state index is 14.3. The van der Waals surface area contributed by atoms with Crippen molar-refractivity contribution in [3.8, 4) is 0 Å². The number of carbonyl (C=O) groups is 7. The zero-order chi connectivity index (χ0) is 40.3. The lowest BCUT2D eigenvalue weighted by molar-refractivity contribution is -0.357. The third-order valence-electron chi connectivity index (χ3n) is 14.4. The topological polar surface area (TPSA) is 217 Å². The molecule has 0 aromatic heterocycles. The third kappa shape index (κ3) is 4.89. The standard InChI is InChI=1S/C38H52O16/c1-16-14-37(46)23-12-13-33(8)25(24(50-19(4)40)28(51-20(5)41)36(17(2)49-18(3)39)15-48-31(44)26(33)36)34(23,9)29(52-21(6)42)30(53-22(7)43)35(37,10)38(27(16)54-38)32(45)47-11/h16-17,23-30,46H,12-15H2,1-11H3/t16?,17-,23?,24-,25?,26-,27+,28-,29?,30-,33?,34-,35+,36?,37?,38-/m0/s1. The van der Waals surface area contributed by atoms with E-state index in [1.54, 1.807) is 27.7 Å². The molecule has 0 spiro atoms. The largest absolute Gasteiger partial charge is 0.467 e. The van der Waals surface area contributed by atoms with Gasteiger partial charge in [0.15, 0.2) is 12.2 Å². The first-order valence-corrected chi connectivity index (χ1v) is 18.5. The number of aliphatic hydroxyl groups is 1. The van der Waals surface area contributed by atoms with Gasteiger partial charge in [0.2, 0.25) is 5.60 Å². The Hall–Kier alpha value is -3.79. The summed E-state index contributed by atoms with van der Waals surface area (Å²) in [6.07, 6.45) is -7.44. The summed E-state index contributed by atoms with van der Waals surface area (Å²) in [6, 6.07) is 0. The second kappa shape index (κ2) is 12.6. The monoisotopic (exact) mass is 764 g/mol. The number of cyclic esters (lactones) is 1. The van der Waals surface area contributed by atoms with Gasteiger partial charge in [-0.05, 0) is 50.4 Å². The number of carbonyl (C=O) groups excluding carboxylic acids is 7. The van der Waals surface area contributed by atoms with E-state index in [2.05, 4.69) is 0 Å². The van der Waals surface area contributed by atoms with Gasteiger partial charge in [0.05, 0.1) is 29.5 Å². The Bertz CT molecular complexity index is 1680. The van der Waals surface area contributed by atoms with Crippen LogP contribution in [-0.2, 0) is 71.5 Å². The number of hydrogen-bond acceptors (Lipinski definition) is 16. The van der Waals surface area contributed by atoms with Crippen LogP contribution in [0.15, 0.2) is 0 Å². The van der Waals surface area contributed by atoms with Crippen LogP contribution >= 0.6 is 0 Å². The number of hydrogen-bond donors (Lipinski definition) is 1. The van der Waals surface area contributed by atoms with Crippen LogP contribution in [0.25, 0.3) is 0 Å². The zero-order valence-corrected chi connectivity index (χ0v) is 32.7. The van der Waals surface area contributed by atoms with E-state index < -0.39 is 135 Å². The first-order chi connectivity index (χ1) is 25.0. The summed E-state index contributed by atoms with van der Waals surface area (Å²) < 4.78 is 47.8. The van der Waals surface area contributed by atoms with E-state index in [9.17, 15) is 38.7 Å². The van der Waals surface area contributed by atoms with Crippen molar-refractivity contribution in [2.24, 2.45) is 45.3 Å². The second-order valence-electron chi connectivity index (χ2n) is 17.1. The van der Waals surface area contributed by atoms with Gasteiger partial charge in [-0.1, -0.05) is 20.8 Å². The number of esters is 7. The minimum absolute atomic E-state index is 0.0473. The highest BCUT2D eigenvalue weighted by molar-refractivity contribution is 5.86. The van der Waals surface area contributed by atoms with Gasteiger partial charge in [0, 0.05) is 46.0 Å². The van der Waals surface area contributed by atoms with E-state index in [-0.39, 0.29) is 25.9 Å². The molecule has 4 saturated carbocycles. The molecule has 7 unspecified atom stereocenters. The van der Waals surface area contributed by atoms with Gasteiger partial charge in [0.1, 0.15) is 31.0 Å². The summed E-state index contributed by atoms with van der Waals surface area (Å²) in [7, 11) is 1.19. The highest BCUT2D eigenvalue weighted by atomic mass is 16.7. The lowest BCUT2D eigenvalue weighted by Gasteiger charge is -2.74. The molecule has 0 aromatic carbocycles. The summed E-state index contributed by atoms with van der Waals surface area (Å²) in [5, 5.41) is 13.6. The van der Waals surface area contributed by atoms with Crippen molar-refractivity contribution < 1.29 is 76.6 Å². The SMILES string of the molecule is COC(=O)[C@@]12O[C@@H]1C(C)CC1(O)C3CCC4(C)C([C@H](OC(C)=O)[C@H](OC(C)=O)C5([C@H](C)OC(C)=O)COC(=O)[C@@H]45)[C@@]3(C)C(OC(C)=O)[C@H](OC(C)=O)[C@]12C. The van der Waals surface area contributed by atoms with Gasteiger partial charge in [0.25, 0.3) is 0 Å². The molecule has 0 amide bonds. The van der Waals surface area contributed by atoms with Crippen molar-refractivity contribution in [2.45, 2.75) is 136 Å². The van der Waals surface area contributed by atoms with E-state index in [1.165, 1.54) is 21.0 Å². The summed E-state index contributed by atoms with van der Waals surface area (Å²) in [5.41, 5.74) is -9.95. The summed E-state index contributed by atoms with van der Waals surface area (Å²) in [5.74, 6) is -8.96. The number of rotatable bonds is 7. The van der Waals surface area contributed by atoms with Crippen LogP contribution in [0.5, 0.6) is 0 Å². The fourth-order valence-corrected chi connectivity index (χ4v) is 12.9. The number of fused-ring (bicyclic) bond motifs is 9. The summed E-state index contributed by atoms with van der Waals surface area (Å²) in [4.78, 5) is 93.4. The molecule has 0 aromatic rings. The highest BCUT2D eigenvalue weighted by Crippen LogP contribution is 2.79. The average molecular weight is 765 g/mol. The molecule has 16 nitrogen and oxygen atoms in total. The molecular formula is C38H52O16. The van der Waals surface area contributed by atoms with Gasteiger partial charge in [-0.25, -0.2) is 4.79 Å². The predicted molar refractivity (Wildman–Crippen MR) is 179 cm³/mol. The third-order valence-corrected chi connectivity index (χ3v) is 14.4. The summed E-state index contributed by atoms with van der Waals surface area (Å²) >= 11 is 0. The predicted octanol–water partition coefficient (Wildman–Crippen LogP) is 1.98. The molecule has 300 valence electrons. The van der Waals surface area contributed by atoms with E-state index >= 15 is 0 Å². The minimum Gasteiger partial charge on any atom is -0.467 e. The van der Waals surface area contributed by atoms with Crippen molar-refractivity contribution in [3.05, 3.63) is 0 Å². The van der Waals surface area contributed by atoms with Gasteiger partial charge < -0.3 is 43.0 Å². The molecule has 2 saturated heterocycles. The van der Waals surface area contributed by atoms with Crippen molar-refractivity contribution in [2.75, 3.05) is 13.7 Å². The lowest BCUT2D eigenvalue weighted by Crippen LogP contribution is -2.84. The van der Waals surface area contributed by atoms with Crippen molar-refractivity contribution in [3.63, 3.8) is 0 Å². The average Bonchev–Trinajstić information content (AvgIpc) is 3.72. The molecule has 2 aliphatic heterocycles. The Morgan fingerprint density at radius 2 is 1.39 bits per heavy atom. The van der Waals surface area contributed by atoms with E-state index in [4.69, 9.17) is 37.9 Å². The maximum Gasteiger partial charge on any atom is 0.341 e. The molecule has 54 heavy (non-hydrogen) atoms. The Kier molecular flexibility index (Phi) is 9.32. The first-order valence-electron chi connectivity index (χ1n) is 18.5. The quantitative estimate of drug-likeness (QED) is 0.223. The second-order valence-corrected chi connectivity index (χ2v) is 17.1. The van der Waals surface area contributed by atoms with Crippen LogP contribution in [0.1, 0.15) is 88.5 Å². The van der Waals surface area contributed by atoms with Crippen molar-refractivity contribution in [1.29, 1.82) is 0 Å². The first kappa shape index (κ1) is 39.9. The highest BCUT2D eigenvalue weighted by Gasteiger charge is 2.91. The van der Waals surface area contributed by atoms with Gasteiger partial charge in [-0.15, -0.1) is 0 Å². The Balaban J connectivity index is 1.70. The van der Waals surface area contributed by atoms with Crippen LogP contribution in [0.3, 0.4) is 0 Å². The number of ether oxygens (including phenoxy) is 8. The van der Waals surface area contributed by atoms with E-state index in [0.29, 0.717) is 0 Å². The molecule has 16 atom stereocenters. The molecule has 6 aliphatic rings. The molecule has 0 radical (unpaired) electrons. The van der Waals surface area contributed by atoms with Crippen molar-refractivity contribution in [1.82, 2.24) is 0 Å². The van der Waals surface area contributed by atoms with Crippen LogP contribution in [0, 0.1) is 45.3 Å². The minimum atomic E-state index is -1.92. The molecule has 0 bridgehead atoms.